The molecule has 0 spiro atoms. The molecule has 17 heavy (non-hydrogen) atoms. The molecule has 0 bridgehead atoms. The Labute approximate surface area is 105 Å². The quantitative estimate of drug-likeness (QED) is 0.848. The maximum Gasteiger partial charge on any atom is 0.241 e. The molecule has 3 N–H and O–H groups in total. The van der Waals surface area contributed by atoms with Crippen LogP contribution < -0.4 is 11.1 Å². The zero-order valence-electron chi connectivity index (χ0n) is 10.00. The van der Waals surface area contributed by atoms with Crippen LogP contribution in [0.3, 0.4) is 0 Å². The number of nitrogens with one attached hydrogen (secondary N) is 1. The number of hydrogen-bond acceptors (Lipinski definition) is 3. The summed E-state index contributed by atoms with van der Waals surface area (Å²) in [5.74, 6) is 0.0230. The van der Waals surface area contributed by atoms with Crippen LogP contribution in [0.15, 0.2) is 18.2 Å². The summed E-state index contributed by atoms with van der Waals surface area (Å²) in [6.45, 7) is 1.84. The Balaban J connectivity index is 2.64. The van der Waals surface area contributed by atoms with Gasteiger partial charge in [-0.25, -0.2) is 4.39 Å². The molecule has 1 aromatic rings. The molecule has 5 heteroatoms. The number of benzene rings is 1. The maximum atomic E-state index is 13.4. The van der Waals surface area contributed by atoms with Gasteiger partial charge in [-0.05, 0) is 43.0 Å². The topological polar surface area (TPSA) is 55.1 Å². The molecular formula is C12H17FN2OS. The minimum atomic E-state index is -0.595. The summed E-state index contributed by atoms with van der Waals surface area (Å²) in [5.41, 5.74) is 6.77. The van der Waals surface area contributed by atoms with Crippen molar-refractivity contribution in [1.82, 2.24) is 0 Å². The minimum absolute atomic E-state index is 0.189. The van der Waals surface area contributed by atoms with Gasteiger partial charge >= 0.3 is 0 Å². The number of halogens is 1. The van der Waals surface area contributed by atoms with Crippen molar-refractivity contribution in [3.63, 3.8) is 0 Å². The van der Waals surface area contributed by atoms with Crippen LogP contribution in [-0.2, 0) is 4.79 Å². The molecule has 0 unspecified atom stereocenters. The van der Waals surface area contributed by atoms with Gasteiger partial charge in [0.25, 0.3) is 0 Å². The Bertz CT molecular complexity index is 398. The van der Waals surface area contributed by atoms with Crippen molar-refractivity contribution in [1.29, 1.82) is 0 Å². The third kappa shape index (κ3) is 4.36. The fourth-order valence-corrected chi connectivity index (χ4v) is 1.83. The summed E-state index contributed by atoms with van der Waals surface area (Å²) in [6.07, 6.45) is 2.53. The van der Waals surface area contributed by atoms with Crippen LogP contribution in [0.25, 0.3) is 0 Å². The Morgan fingerprint density at radius 3 is 2.94 bits per heavy atom. The third-order valence-corrected chi connectivity index (χ3v) is 2.99. The van der Waals surface area contributed by atoms with Crippen molar-refractivity contribution in [2.45, 2.75) is 19.4 Å². The van der Waals surface area contributed by atoms with Gasteiger partial charge < -0.3 is 11.1 Å². The average Bonchev–Trinajstić information content (AvgIpc) is 2.30. The van der Waals surface area contributed by atoms with E-state index in [9.17, 15) is 9.18 Å². The molecule has 0 aromatic heterocycles. The van der Waals surface area contributed by atoms with Crippen LogP contribution in [-0.4, -0.2) is 24.0 Å². The van der Waals surface area contributed by atoms with E-state index in [1.165, 1.54) is 6.07 Å². The van der Waals surface area contributed by atoms with Crippen LogP contribution in [0.5, 0.6) is 0 Å². The molecule has 1 rings (SSSR count). The van der Waals surface area contributed by atoms with Gasteiger partial charge in [0.2, 0.25) is 5.91 Å². The highest BCUT2D eigenvalue weighted by Gasteiger charge is 2.14. The van der Waals surface area contributed by atoms with Crippen LogP contribution in [0, 0.1) is 12.7 Å². The molecule has 1 aromatic carbocycles. The lowest BCUT2D eigenvalue weighted by atomic mass is 10.2. The summed E-state index contributed by atoms with van der Waals surface area (Å²) >= 11 is 1.63. The molecule has 94 valence electrons. The van der Waals surface area contributed by atoms with E-state index in [2.05, 4.69) is 5.32 Å². The maximum absolute atomic E-state index is 13.4. The molecule has 0 fully saturated rings. The van der Waals surface area contributed by atoms with E-state index in [0.717, 1.165) is 11.3 Å². The van der Waals surface area contributed by atoms with E-state index < -0.39 is 11.9 Å². The number of amides is 1. The SMILES string of the molecule is CSCC[C@H](N)C(=O)Nc1cc(C)ccc1F. The fourth-order valence-electron chi connectivity index (χ4n) is 1.34. The van der Waals surface area contributed by atoms with E-state index in [0.29, 0.717) is 6.42 Å². The number of carbonyl (C=O) groups excluding carboxylic acids is 1. The first-order valence-electron chi connectivity index (χ1n) is 5.36. The lowest BCUT2D eigenvalue weighted by molar-refractivity contribution is -0.117. The van der Waals surface area contributed by atoms with Crippen LogP contribution in [0.2, 0.25) is 0 Å². The highest BCUT2D eigenvalue weighted by Crippen LogP contribution is 2.16. The van der Waals surface area contributed by atoms with Crippen molar-refractivity contribution < 1.29 is 9.18 Å². The van der Waals surface area contributed by atoms with Crippen molar-refractivity contribution in [2.24, 2.45) is 5.73 Å². The highest BCUT2D eigenvalue weighted by molar-refractivity contribution is 7.98. The summed E-state index contributed by atoms with van der Waals surface area (Å²) < 4.78 is 13.4. The molecule has 0 aliphatic rings. The molecule has 0 heterocycles. The summed E-state index contributed by atoms with van der Waals surface area (Å²) in [5, 5.41) is 2.51. The number of nitrogens with two attached hydrogens (primary N) is 1. The number of carbonyl (C=O) groups is 1. The van der Waals surface area contributed by atoms with Crippen LogP contribution >= 0.6 is 11.8 Å². The van der Waals surface area contributed by atoms with Gasteiger partial charge in [0.05, 0.1) is 11.7 Å². The Kier molecular flexibility index (Phi) is 5.44. The highest BCUT2D eigenvalue weighted by atomic mass is 32.2. The normalized spacial score (nSPS) is 12.2. The van der Waals surface area contributed by atoms with Gasteiger partial charge in [-0.2, -0.15) is 11.8 Å². The zero-order valence-corrected chi connectivity index (χ0v) is 10.8. The second-order valence-corrected chi connectivity index (χ2v) is 4.85. The average molecular weight is 256 g/mol. The molecule has 0 aliphatic heterocycles. The zero-order chi connectivity index (χ0) is 12.8. The van der Waals surface area contributed by atoms with E-state index in [1.54, 1.807) is 23.9 Å². The van der Waals surface area contributed by atoms with E-state index in [4.69, 9.17) is 5.73 Å². The van der Waals surface area contributed by atoms with E-state index in [1.807, 2.05) is 13.2 Å². The molecular weight excluding hydrogens is 239 g/mol. The summed E-state index contributed by atoms with van der Waals surface area (Å²) in [6, 6.07) is 3.98. The van der Waals surface area contributed by atoms with Gasteiger partial charge in [-0.1, -0.05) is 6.07 Å². The van der Waals surface area contributed by atoms with Crippen molar-refractivity contribution >= 4 is 23.4 Å². The third-order valence-electron chi connectivity index (χ3n) is 2.35. The number of thioether (sulfide) groups is 1. The van der Waals surface area contributed by atoms with Crippen molar-refractivity contribution in [2.75, 3.05) is 17.3 Å². The number of hydrogen-bond donors (Lipinski definition) is 2. The van der Waals surface area contributed by atoms with Gasteiger partial charge in [0, 0.05) is 0 Å². The summed E-state index contributed by atoms with van der Waals surface area (Å²) in [4.78, 5) is 11.7. The van der Waals surface area contributed by atoms with Crippen molar-refractivity contribution in [3.8, 4) is 0 Å². The lowest BCUT2D eigenvalue weighted by Crippen LogP contribution is -2.36. The second kappa shape index (κ2) is 6.61. The predicted octanol–water partition coefficient (Wildman–Crippen LogP) is 2.15. The Morgan fingerprint density at radius 2 is 2.29 bits per heavy atom. The van der Waals surface area contributed by atoms with Crippen LogP contribution in [0.1, 0.15) is 12.0 Å². The van der Waals surface area contributed by atoms with Crippen molar-refractivity contribution in [3.05, 3.63) is 29.6 Å². The van der Waals surface area contributed by atoms with Crippen LogP contribution in [0.4, 0.5) is 10.1 Å². The molecule has 0 saturated carbocycles. The summed E-state index contributed by atoms with van der Waals surface area (Å²) in [7, 11) is 0. The molecule has 1 atom stereocenters. The number of rotatable bonds is 5. The molecule has 0 saturated heterocycles. The van der Waals surface area contributed by atoms with Gasteiger partial charge in [-0.3, -0.25) is 4.79 Å². The Hall–Kier alpha value is -1.07. The van der Waals surface area contributed by atoms with Gasteiger partial charge in [0.1, 0.15) is 5.82 Å². The van der Waals surface area contributed by atoms with E-state index in [-0.39, 0.29) is 11.6 Å². The molecule has 1 amide bonds. The van der Waals surface area contributed by atoms with Gasteiger partial charge in [0.15, 0.2) is 0 Å². The van der Waals surface area contributed by atoms with E-state index >= 15 is 0 Å². The molecule has 0 radical (unpaired) electrons. The second-order valence-electron chi connectivity index (χ2n) is 3.86. The largest absolute Gasteiger partial charge is 0.322 e. The standard InChI is InChI=1S/C12H17FN2OS/c1-8-3-4-9(13)11(7-8)15-12(16)10(14)5-6-17-2/h3-4,7,10H,5-6,14H2,1-2H3,(H,15,16)/t10-/m0/s1. The first-order valence-corrected chi connectivity index (χ1v) is 6.75. The lowest BCUT2D eigenvalue weighted by Gasteiger charge is -2.12. The first-order chi connectivity index (χ1) is 8.04. The smallest absolute Gasteiger partial charge is 0.241 e. The fraction of sp³-hybridized carbons (Fsp3) is 0.417. The predicted molar refractivity (Wildman–Crippen MR) is 70.7 cm³/mol. The Morgan fingerprint density at radius 1 is 1.59 bits per heavy atom. The molecule has 0 aliphatic carbocycles. The number of anilines is 1. The molecule has 3 nitrogen and oxygen atoms in total. The first kappa shape index (κ1) is 14.0. The minimum Gasteiger partial charge on any atom is -0.322 e. The monoisotopic (exact) mass is 256 g/mol. The van der Waals surface area contributed by atoms with Gasteiger partial charge in [-0.15, -0.1) is 0 Å². The number of aryl methyl sites for hydroxylation is 1.